The first-order valence-corrected chi connectivity index (χ1v) is 12.7. The minimum Gasteiger partial charge on any atom is -0.317 e. The Bertz CT molecular complexity index is 2120. The summed E-state index contributed by atoms with van der Waals surface area (Å²) in [6, 6.07) is 38.7. The standard InChI is InChI=1S/C34H22N4/c1-2-8-26(9-3-1)37-18-15-28-29-21-30-27-10-4-5-11-32(27)38(33(30)19-24(29)12-13-31(28)37)34-20-23(14-17-36-34)25-7-6-16-35-22-25/h1-22H. The summed E-state index contributed by atoms with van der Waals surface area (Å²) in [7, 11) is 0. The van der Waals surface area contributed by atoms with E-state index in [0.29, 0.717) is 0 Å². The van der Waals surface area contributed by atoms with Gasteiger partial charge in [-0.3, -0.25) is 9.55 Å². The Morgan fingerprint density at radius 1 is 0.526 bits per heavy atom. The van der Waals surface area contributed by atoms with Gasteiger partial charge in [-0.1, -0.05) is 48.5 Å². The fourth-order valence-corrected chi connectivity index (χ4v) is 5.73. The molecular formula is C34H22N4. The van der Waals surface area contributed by atoms with Crippen molar-refractivity contribution >= 4 is 43.5 Å². The summed E-state index contributed by atoms with van der Waals surface area (Å²) in [6.07, 6.45) is 7.75. The second-order valence-corrected chi connectivity index (χ2v) is 9.61. The van der Waals surface area contributed by atoms with E-state index in [2.05, 4.69) is 117 Å². The molecule has 0 bridgehead atoms. The highest BCUT2D eigenvalue weighted by Gasteiger charge is 2.16. The van der Waals surface area contributed by atoms with Crippen LogP contribution in [0.15, 0.2) is 134 Å². The van der Waals surface area contributed by atoms with Crippen molar-refractivity contribution in [2.75, 3.05) is 0 Å². The lowest BCUT2D eigenvalue weighted by Gasteiger charge is -2.10. The number of benzene rings is 4. The number of rotatable bonds is 3. The van der Waals surface area contributed by atoms with Gasteiger partial charge >= 0.3 is 0 Å². The fourth-order valence-electron chi connectivity index (χ4n) is 5.73. The molecule has 0 aliphatic carbocycles. The second kappa shape index (κ2) is 8.15. The van der Waals surface area contributed by atoms with Gasteiger partial charge in [0.1, 0.15) is 5.82 Å². The van der Waals surface area contributed by atoms with E-state index in [1.807, 2.05) is 24.5 Å². The van der Waals surface area contributed by atoms with Gasteiger partial charge in [-0.2, -0.15) is 0 Å². The van der Waals surface area contributed by atoms with E-state index in [9.17, 15) is 0 Å². The Hall–Kier alpha value is -5.22. The Labute approximate surface area is 219 Å². The highest BCUT2D eigenvalue weighted by atomic mass is 15.1. The van der Waals surface area contributed by atoms with Crippen LogP contribution in [0.1, 0.15) is 0 Å². The van der Waals surface area contributed by atoms with E-state index in [0.717, 1.165) is 28.0 Å². The van der Waals surface area contributed by atoms with Crippen LogP contribution in [0.2, 0.25) is 0 Å². The normalized spacial score (nSPS) is 11.7. The molecule has 0 saturated carbocycles. The van der Waals surface area contributed by atoms with Crippen LogP contribution in [-0.4, -0.2) is 19.1 Å². The molecule has 38 heavy (non-hydrogen) atoms. The number of aromatic nitrogens is 4. The van der Waals surface area contributed by atoms with Crippen molar-refractivity contribution < 1.29 is 0 Å². The molecule has 0 atom stereocenters. The van der Waals surface area contributed by atoms with Crippen molar-refractivity contribution in [3.05, 3.63) is 134 Å². The van der Waals surface area contributed by atoms with Crippen molar-refractivity contribution in [3.8, 4) is 22.6 Å². The molecule has 0 amide bonds. The van der Waals surface area contributed by atoms with Gasteiger partial charge in [0.15, 0.2) is 0 Å². The predicted molar refractivity (Wildman–Crippen MR) is 156 cm³/mol. The van der Waals surface area contributed by atoms with Crippen LogP contribution in [0, 0.1) is 0 Å². The quantitative estimate of drug-likeness (QED) is 0.252. The molecule has 0 saturated heterocycles. The molecule has 8 rings (SSSR count). The minimum atomic E-state index is 0.896. The molecule has 4 aromatic carbocycles. The molecule has 178 valence electrons. The zero-order valence-electron chi connectivity index (χ0n) is 20.5. The maximum absolute atomic E-state index is 4.81. The molecule has 0 aliphatic rings. The van der Waals surface area contributed by atoms with Crippen LogP contribution < -0.4 is 0 Å². The maximum atomic E-state index is 4.81. The molecule has 4 aromatic heterocycles. The first kappa shape index (κ1) is 20.9. The minimum absolute atomic E-state index is 0.896. The van der Waals surface area contributed by atoms with Gasteiger partial charge in [0, 0.05) is 52.2 Å². The fraction of sp³-hybridized carbons (Fsp3) is 0. The Morgan fingerprint density at radius 2 is 1.39 bits per heavy atom. The summed E-state index contributed by atoms with van der Waals surface area (Å²) in [5, 5.41) is 6.16. The molecule has 4 heterocycles. The monoisotopic (exact) mass is 486 g/mol. The zero-order chi connectivity index (χ0) is 25.1. The van der Waals surface area contributed by atoms with E-state index in [1.165, 1.54) is 38.1 Å². The molecule has 0 aliphatic heterocycles. The van der Waals surface area contributed by atoms with E-state index in [4.69, 9.17) is 4.98 Å². The Morgan fingerprint density at radius 3 is 2.29 bits per heavy atom. The summed E-state index contributed by atoms with van der Waals surface area (Å²) >= 11 is 0. The number of para-hydroxylation sites is 2. The van der Waals surface area contributed by atoms with E-state index in [1.54, 1.807) is 6.20 Å². The van der Waals surface area contributed by atoms with Crippen LogP contribution in [0.5, 0.6) is 0 Å². The first-order chi connectivity index (χ1) is 18.8. The van der Waals surface area contributed by atoms with Gasteiger partial charge in [0.2, 0.25) is 0 Å². The van der Waals surface area contributed by atoms with Crippen molar-refractivity contribution in [1.82, 2.24) is 19.1 Å². The lowest BCUT2D eigenvalue weighted by Crippen LogP contribution is -1.97. The molecule has 8 aromatic rings. The van der Waals surface area contributed by atoms with Crippen LogP contribution in [0.3, 0.4) is 0 Å². The van der Waals surface area contributed by atoms with Gasteiger partial charge in [-0.05, 0) is 77.0 Å². The predicted octanol–water partition coefficient (Wildman–Crippen LogP) is 8.34. The van der Waals surface area contributed by atoms with Gasteiger partial charge in [-0.15, -0.1) is 0 Å². The first-order valence-electron chi connectivity index (χ1n) is 12.7. The molecule has 0 unspecified atom stereocenters. The highest BCUT2D eigenvalue weighted by Crippen LogP contribution is 2.37. The van der Waals surface area contributed by atoms with Gasteiger partial charge in [0.25, 0.3) is 0 Å². The van der Waals surface area contributed by atoms with Crippen molar-refractivity contribution in [2.45, 2.75) is 0 Å². The summed E-state index contributed by atoms with van der Waals surface area (Å²) < 4.78 is 4.54. The molecule has 0 N–H and O–H groups in total. The van der Waals surface area contributed by atoms with Crippen LogP contribution in [0.4, 0.5) is 0 Å². The summed E-state index contributed by atoms with van der Waals surface area (Å²) in [4.78, 5) is 9.12. The molecule has 0 spiro atoms. The third-order valence-electron chi connectivity index (χ3n) is 7.48. The Kier molecular flexibility index (Phi) is 4.49. The second-order valence-electron chi connectivity index (χ2n) is 9.61. The summed E-state index contributed by atoms with van der Waals surface area (Å²) in [5.41, 5.74) is 6.84. The smallest absolute Gasteiger partial charge is 0.138 e. The lowest BCUT2D eigenvalue weighted by molar-refractivity contribution is 1.08. The average molecular weight is 487 g/mol. The number of pyridine rings is 2. The van der Waals surface area contributed by atoms with E-state index in [-0.39, 0.29) is 0 Å². The van der Waals surface area contributed by atoms with Crippen molar-refractivity contribution in [1.29, 1.82) is 0 Å². The number of hydrogen-bond acceptors (Lipinski definition) is 2. The van der Waals surface area contributed by atoms with E-state index >= 15 is 0 Å². The zero-order valence-corrected chi connectivity index (χ0v) is 20.5. The largest absolute Gasteiger partial charge is 0.317 e. The van der Waals surface area contributed by atoms with Gasteiger partial charge in [-0.25, -0.2) is 4.98 Å². The Balaban J connectivity index is 1.40. The number of nitrogens with zero attached hydrogens (tertiary/aromatic N) is 4. The third-order valence-corrected chi connectivity index (χ3v) is 7.48. The molecule has 4 nitrogen and oxygen atoms in total. The van der Waals surface area contributed by atoms with Crippen LogP contribution in [-0.2, 0) is 0 Å². The molecule has 4 heteroatoms. The highest BCUT2D eigenvalue weighted by molar-refractivity contribution is 6.18. The summed E-state index contributed by atoms with van der Waals surface area (Å²) in [6.45, 7) is 0. The van der Waals surface area contributed by atoms with Crippen LogP contribution >= 0.6 is 0 Å². The topological polar surface area (TPSA) is 35.6 Å². The molecule has 0 fully saturated rings. The van der Waals surface area contributed by atoms with Crippen molar-refractivity contribution in [3.63, 3.8) is 0 Å². The van der Waals surface area contributed by atoms with Gasteiger partial charge < -0.3 is 4.57 Å². The number of hydrogen-bond donors (Lipinski definition) is 0. The summed E-state index contributed by atoms with van der Waals surface area (Å²) in [5.74, 6) is 0.896. The van der Waals surface area contributed by atoms with E-state index < -0.39 is 0 Å². The van der Waals surface area contributed by atoms with Gasteiger partial charge in [0.05, 0.1) is 16.6 Å². The average Bonchev–Trinajstić information content (AvgIpc) is 3.56. The molecular weight excluding hydrogens is 464 g/mol. The lowest BCUT2D eigenvalue weighted by atomic mass is 10.0. The maximum Gasteiger partial charge on any atom is 0.138 e. The molecule has 0 radical (unpaired) electrons. The SMILES string of the molecule is c1ccc(-n2ccc3c4cc5c6ccccc6n(-c6cc(-c7cccnc7)ccn6)c5cc4ccc32)cc1. The van der Waals surface area contributed by atoms with Crippen molar-refractivity contribution in [2.24, 2.45) is 0 Å². The third kappa shape index (κ3) is 3.10. The van der Waals surface area contributed by atoms with Crippen LogP contribution in [0.25, 0.3) is 66.1 Å². The number of fused-ring (bicyclic) bond motifs is 6.